The minimum absolute atomic E-state index is 0.119. The van der Waals surface area contributed by atoms with Crippen LogP contribution in [0.2, 0.25) is 0 Å². The Morgan fingerprint density at radius 3 is 2.59 bits per heavy atom. The Morgan fingerprint density at radius 1 is 1.12 bits per heavy atom. The largest absolute Gasteiger partial charge is 0.290 e. The normalized spacial score (nSPS) is 10.4. The topological polar surface area (TPSA) is 17.1 Å². The zero-order valence-electron chi connectivity index (χ0n) is 9.98. The van der Waals surface area contributed by atoms with Crippen LogP contribution in [0.4, 0.5) is 0 Å². The summed E-state index contributed by atoms with van der Waals surface area (Å²) in [7, 11) is 0. The van der Waals surface area contributed by atoms with E-state index in [1.54, 1.807) is 23.5 Å². The molecule has 0 aliphatic heterocycles. The highest BCUT2D eigenvalue weighted by atomic mass is 32.1. The summed E-state index contributed by atoms with van der Waals surface area (Å²) >= 11 is 1.73. The van der Waals surface area contributed by atoms with E-state index in [1.807, 2.05) is 18.2 Å². The molecule has 1 aromatic heterocycles. The molecule has 0 atom stereocenters. The van der Waals surface area contributed by atoms with Gasteiger partial charge in [0, 0.05) is 15.8 Å². The van der Waals surface area contributed by atoms with Crippen LogP contribution in [-0.2, 0) is 6.42 Å². The Hall–Kier alpha value is -1.41. The van der Waals surface area contributed by atoms with Crippen molar-refractivity contribution in [3.05, 3.63) is 57.6 Å². The second kappa shape index (κ2) is 5.78. The predicted molar refractivity (Wildman–Crippen MR) is 74.6 cm³/mol. The molecule has 2 rings (SSSR count). The standard InChI is InChI=1S/C15H16OS/c1-2-3-9-14-10-13(16)11-15(17-14)12-7-5-4-6-8-12/h4-8,10-11H,2-3,9H2,1H3. The Labute approximate surface area is 106 Å². The van der Waals surface area contributed by atoms with Gasteiger partial charge in [-0.15, -0.1) is 11.3 Å². The molecule has 1 nitrogen and oxygen atoms in total. The van der Waals surface area contributed by atoms with Crippen LogP contribution >= 0.6 is 11.3 Å². The van der Waals surface area contributed by atoms with Gasteiger partial charge in [0.25, 0.3) is 0 Å². The fraction of sp³-hybridized carbons (Fsp3) is 0.267. The van der Waals surface area contributed by atoms with Crippen LogP contribution in [0.5, 0.6) is 0 Å². The Kier molecular flexibility index (Phi) is 4.10. The average Bonchev–Trinajstić information content (AvgIpc) is 2.37. The van der Waals surface area contributed by atoms with Gasteiger partial charge in [-0.25, -0.2) is 0 Å². The predicted octanol–water partition coefficient (Wildman–Crippen LogP) is 4.12. The molecule has 2 aromatic rings. The highest BCUT2D eigenvalue weighted by Gasteiger charge is 2.02. The van der Waals surface area contributed by atoms with E-state index >= 15 is 0 Å². The van der Waals surface area contributed by atoms with Gasteiger partial charge in [-0.1, -0.05) is 43.7 Å². The van der Waals surface area contributed by atoms with Gasteiger partial charge in [-0.2, -0.15) is 0 Å². The molecule has 0 amide bonds. The number of hydrogen-bond acceptors (Lipinski definition) is 2. The van der Waals surface area contributed by atoms with E-state index in [0.29, 0.717) is 0 Å². The molecular formula is C15H16OS. The molecule has 0 aliphatic rings. The Balaban J connectivity index is 2.35. The van der Waals surface area contributed by atoms with Gasteiger partial charge < -0.3 is 0 Å². The molecule has 0 bridgehead atoms. The molecule has 0 unspecified atom stereocenters. The molecule has 0 aliphatic carbocycles. The SMILES string of the molecule is CCCCc1cc(=O)cc(-c2ccccc2)s1. The van der Waals surface area contributed by atoms with Crippen LogP contribution in [0.25, 0.3) is 10.4 Å². The van der Waals surface area contributed by atoms with E-state index in [2.05, 4.69) is 19.1 Å². The highest BCUT2D eigenvalue weighted by Crippen LogP contribution is 2.24. The number of benzene rings is 1. The van der Waals surface area contributed by atoms with Crippen LogP contribution < -0.4 is 5.43 Å². The van der Waals surface area contributed by atoms with Crippen molar-refractivity contribution in [3.63, 3.8) is 0 Å². The minimum atomic E-state index is 0.119. The van der Waals surface area contributed by atoms with Gasteiger partial charge in [-0.3, -0.25) is 4.79 Å². The molecule has 0 spiro atoms. The van der Waals surface area contributed by atoms with Crippen LogP contribution in [-0.4, -0.2) is 0 Å². The summed E-state index contributed by atoms with van der Waals surface area (Å²) in [4.78, 5) is 13.9. The third-order valence-corrected chi connectivity index (χ3v) is 3.81. The van der Waals surface area contributed by atoms with Crippen molar-refractivity contribution >= 4 is 11.3 Å². The lowest BCUT2D eigenvalue weighted by atomic mass is 10.2. The number of unbranched alkanes of at least 4 members (excludes halogenated alkanes) is 1. The van der Waals surface area contributed by atoms with Crippen molar-refractivity contribution in [2.45, 2.75) is 26.2 Å². The summed E-state index contributed by atoms with van der Waals surface area (Å²) in [5.41, 5.74) is 1.25. The second-order valence-corrected chi connectivity index (χ2v) is 5.26. The van der Waals surface area contributed by atoms with Gasteiger partial charge in [0.15, 0.2) is 5.43 Å². The lowest BCUT2D eigenvalue weighted by Crippen LogP contribution is -1.98. The molecule has 17 heavy (non-hydrogen) atoms. The van der Waals surface area contributed by atoms with E-state index < -0.39 is 0 Å². The summed E-state index contributed by atoms with van der Waals surface area (Å²) in [6.07, 6.45) is 3.32. The first-order valence-corrected chi connectivity index (χ1v) is 6.80. The monoisotopic (exact) mass is 244 g/mol. The summed E-state index contributed by atoms with van der Waals surface area (Å²) in [5, 5.41) is 0. The summed E-state index contributed by atoms with van der Waals surface area (Å²) in [6.45, 7) is 2.17. The summed E-state index contributed by atoms with van der Waals surface area (Å²) in [6, 6.07) is 13.6. The first-order chi connectivity index (χ1) is 8.29. The maximum absolute atomic E-state index is 11.7. The van der Waals surface area contributed by atoms with Crippen LogP contribution in [0.3, 0.4) is 0 Å². The zero-order chi connectivity index (χ0) is 12.1. The zero-order valence-corrected chi connectivity index (χ0v) is 10.8. The number of aryl methyl sites for hydroxylation is 1. The molecule has 0 fully saturated rings. The third-order valence-electron chi connectivity index (χ3n) is 2.65. The molecule has 0 saturated carbocycles. The van der Waals surface area contributed by atoms with E-state index in [9.17, 15) is 4.79 Å². The fourth-order valence-electron chi connectivity index (χ4n) is 1.75. The molecule has 88 valence electrons. The van der Waals surface area contributed by atoms with Gasteiger partial charge in [-0.05, 0) is 24.5 Å². The van der Waals surface area contributed by atoms with Crippen molar-refractivity contribution < 1.29 is 0 Å². The highest BCUT2D eigenvalue weighted by molar-refractivity contribution is 7.15. The number of hydrogen-bond donors (Lipinski definition) is 0. The first kappa shape index (κ1) is 12.1. The van der Waals surface area contributed by atoms with Gasteiger partial charge in [0.1, 0.15) is 0 Å². The van der Waals surface area contributed by atoms with Crippen LogP contribution in [0.1, 0.15) is 24.6 Å². The Morgan fingerprint density at radius 2 is 1.88 bits per heavy atom. The number of rotatable bonds is 4. The van der Waals surface area contributed by atoms with Gasteiger partial charge in [0.2, 0.25) is 0 Å². The molecule has 1 heterocycles. The second-order valence-electron chi connectivity index (χ2n) is 4.09. The molecule has 0 N–H and O–H groups in total. The smallest absolute Gasteiger partial charge is 0.181 e. The average molecular weight is 244 g/mol. The molecular weight excluding hydrogens is 228 g/mol. The lowest BCUT2D eigenvalue weighted by molar-refractivity contribution is 0.803. The van der Waals surface area contributed by atoms with Crippen LogP contribution in [0, 0.1) is 0 Å². The summed E-state index contributed by atoms with van der Waals surface area (Å²) in [5.74, 6) is 0. The first-order valence-electron chi connectivity index (χ1n) is 5.99. The van der Waals surface area contributed by atoms with E-state index in [4.69, 9.17) is 0 Å². The van der Waals surface area contributed by atoms with Crippen molar-refractivity contribution in [2.24, 2.45) is 0 Å². The van der Waals surface area contributed by atoms with Crippen molar-refractivity contribution in [3.8, 4) is 10.4 Å². The molecule has 0 saturated heterocycles. The maximum atomic E-state index is 11.7. The third kappa shape index (κ3) is 3.27. The Bertz CT molecular complexity index is 528. The maximum Gasteiger partial charge on any atom is 0.181 e. The van der Waals surface area contributed by atoms with Gasteiger partial charge >= 0.3 is 0 Å². The van der Waals surface area contributed by atoms with E-state index in [0.717, 1.165) is 29.7 Å². The van der Waals surface area contributed by atoms with Gasteiger partial charge in [0.05, 0.1) is 0 Å². The van der Waals surface area contributed by atoms with Crippen molar-refractivity contribution in [1.29, 1.82) is 0 Å². The fourth-order valence-corrected chi connectivity index (χ4v) is 2.88. The van der Waals surface area contributed by atoms with E-state index in [1.165, 1.54) is 4.88 Å². The molecule has 1 aromatic carbocycles. The quantitative estimate of drug-likeness (QED) is 0.790. The van der Waals surface area contributed by atoms with E-state index in [-0.39, 0.29) is 5.43 Å². The lowest BCUT2D eigenvalue weighted by Gasteiger charge is -2.03. The summed E-state index contributed by atoms with van der Waals surface area (Å²) < 4.78 is 0. The molecule has 0 radical (unpaired) electrons. The van der Waals surface area contributed by atoms with Crippen LogP contribution in [0.15, 0.2) is 47.3 Å². The van der Waals surface area contributed by atoms with Crippen molar-refractivity contribution in [1.82, 2.24) is 0 Å². The minimum Gasteiger partial charge on any atom is -0.290 e. The molecule has 2 heteroatoms. The van der Waals surface area contributed by atoms with Crippen molar-refractivity contribution in [2.75, 3.05) is 0 Å².